The van der Waals surface area contributed by atoms with Crippen LogP contribution in [0.2, 0.25) is 0 Å². The Morgan fingerprint density at radius 2 is 2.05 bits per heavy atom. The molecule has 2 rings (SSSR count). The molecule has 0 heterocycles. The largest absolute Gasteiger partial charge is 0.349 e. The van der Waals surface area contributed by atoms with E-state index in [2.05, 4.69) is 5.32 Å². The van der Waals surface area contributed by atoms with E-state index in [1.165, 1.54) is 0 Å². The predicted octanol–water partition coefficient (Wildman–Crippen LogP) is 1.00. The number of halogens is 1. The van der Waals surface area contributed by atoms with Crippen molar-refractivity contribution in [2.75, 3.05) is 0 Å². The van der Waals surface area contributed by atoms with Crippen molar-refractivity contribution in [1.29, 1.82) is 0 Å². The first-order valence-corrected chi connectivity index (χ1v) is 7.46. The molecule has 1 aliphatic carbocycles. The van der Waals surface area contributed by atoms with Gasteiger partial charge in [-0.15, -0.1) is 0 Å². The van der Waals surface area contributed by atoms with Crippen molar-refractivity contribution in [1.82, 2.24) is 5.32 Å². The molecule has 0 spiro atoms. The van der Waals surface area contributed by atoms with Gasteiger partial charge in [0.1, 0.15) is 5.82 Å². The van der Waals surface area contributed by atoms with Crippen LogP contribution in [0.5, 0.6) is 0 Å². The van der Waals surface area contributed by atoms with E-state index >= 15 is 0 Å². The van der Waals surface area contributed by atoms with Gasteiger partial charge in [-0.3, -0.25) is 4.79 Å². The van der Waals surface area contributed by atoms with Crippen LogP contribution < -0.4 is 10.5 Å². The lowest BCUT2D eigenvalue weighted by Crippen LogP contribution is -2.34. The Bertz CT molecular complexity index is 611. The first-order valence-electron chi connectivity index (χ1n) is 5.91. The van der Waals surface area contributed by atoms with Gasteiger partial charge in [-0.25, -0.2) is 17.9 Å². The van der Waals surface area contributed by atoms with Gasteiger partial charge in [-0.1, -0.05) is 0 Å². The fraction of sp³-hybridized carbons (Fsp3) is 0.417. The number of rotatable bonds is 4. The molecule has 3 N–H and O–H groups in total. The van der Waals surface area contributed by atoms with Crippen molar-refractivity contribution in [3.05, 3.63) is 29.6 Å². The number of primary sulfonamides is 1. The average Bonchev–Trinajstić information content (AvgIpc) is 3.10. The van der Waals surface area contributed by atoms with Crippen LogP contribution >= 0.6 is 0 Å². The van der Waals surface area contributed by atoms with Gasteiger partial charge < -0.3 is 5.32 Å². The lowest BCUT2D eigenvalue weighted by atomic mass is 10.1. The summed E-state index contributed by atoms with van der Waals surface area (Å²) in [5.41, 5.74) is -0.0449. The minimum absolute atomic E-state index is 0.00583. The summed E-state index contributed by atoms with van der Waals surface area (Å²) in [5, 5.41) is 7.65. The molecule has 1 aromatic carbocycles. The molecule has 1 unspecified atom stereocenters. The zero-order chi connectivity index (χ0) is 14.2. The summed E-state index contributed by atoms with van der Waals surface area (Å²) in [6, 6.07) is 2.85. The first kappa shape index (κ1) is 14.0. The third-order valence-electron chi connectivity index (χ3n) is 3.15. The van der Waals surface area contributed by atoms with E-state index in [0.29, 0.717) is 5.92 Å². The minimum Gasteiger partial charge on any atom is -0.349 e. The number of hydrogen-bond acceptors (Lipinski definition) is 3. The Labute approximate surface area is 111 Å². The maximum absolute atomic E-state index is 13.3. The van der Waals surface area contributed by atoms with Crippen molar-refractivity contribution >= 4 is 15.9 Å². The zero-order valence-corrected chi connectivity index (χ0v) is 11.2. The molecule has 0 aliphatic heterocycles. The molecule has 0 radical (unpaired) electrons. The molecule has 0 saturated heterocycles. The van der Waals surface area contributed by atoms with Crippen LogP contribution in [0.4, 0.5) is 4.39 Å². The average molecular weight is 286 g/mol. The number of carbonyl (C=O) groups excluding carboxylic acids is 1. The first-order chi connectivity index (χ1) is 8.77. The van der Waals surface area contributed by atoms with Crippen LogP contribution in [0.15, 0.2) is 23.1 Å². The summed E-state index contributed by atoms with van der Waals surface area (Å²) in [6.45, 7) is 1.87. The third kappa shape index (κ3) is 3.51. The Hall–Kier alpha value is -1.47. The molecule has 1 fully saturated rings. The molecule has 104 valence electrons. The fourth-order valence-corrected chi connectivity index (χ4v) is 2.43. The fourth-order valence-electron chi connectivity index (χ4n) is 1.86. The van der Waals surface area contributed by atoms with Gasteiger partial charge in [0.2, 0.25) is 10.0 Å². The summed E-state index contributed by atoms with van der Waals surface area (Å²) < 4.78 is 35.7. The standard InChI is InChI=1S/C12H15FN2O3S/c1-7(8-2-3-8)15-12(16)9-4-10(13)6-11(5-9)19(14,17)18/h4-8H,2-3H2,1H3,(H,15,16)(H2,14,17,18). The molecule has 19 heavy (non-hydrogen) atoms. The van der Waals surface area contributed by atoms with Crippen molar-refractivity contribution in [3.63, 3.8) is 0 Å². The normalized spacial score (nSPS) is 17.0. The Morgan fingerprint density at radius 1 is 1.42 bits per heavy atom. The van der Waals surface area contributed by atoms with Crippen LogP contribution in [-0.4, -0.2) is 20.4 Å². The van der Waals surface area contributed by atoms with Crippen LogP contribution in [0.3, 0.4) is 0 Å². The summed E-state index contributed by atoms with van der Waals surface area (Å²) in [6.07, 6.45) is 2.13. The van der Waals surface area contributed by atoms with Crippen molar-refractivity contribution in [2.45, 2.75) is 30.7 Å². The Kier molecular flexibility index (Phi) is 3.60. The molecular weight excluding hydrogens is 271 g/mol. The highest BCUT2D eigenvalue weighted by atomic mass is 32.2. The highest BCUT2D eigenvalue weighted by Gasteiger charge is 2.29. The van der Waals surface area contributed by atoms with Gasteiger partial charge >= 0.3 is 0 Å². The smallest absolute Gasteiger partial charge is 0.251 e. The van der Waals surface area contributed by atoms with E-state index in [4.69, 9.17) is 5.14 Å². The second-order valence-electron chi connectivity index (χ2n) is 4.82. The van der Waals surface area contributed by atoms with E-state index in [0.717, 1.165) is 31.0 Å². The van der Waals surface area contributed by atoms with E-state index in [9.17, 15) is 17.6 Å². The van der Waals surface area contributed by atoms with E-state index < -0.39 is 26.6 Å². The van der Waals surface area contributed by atoms with Crippen LogP contribution in [0.25, 0.3) is 0 Å². The predicted molar refractivity (Wildman–Crippen MR) is 67.4 cm³/mol. The maximum Gasteiger partial charge on any atom is 0.251 e. The van der Waals surface area contributed by atoms with Gasteiger partial charge in [-0.05, 0) is 43.9 Å². The van der Waals surface area contributed by atoms with Gasteiger partial charge in [-0.2, -0.15) is 0 Å². The van der Waals surface area contributed by atoms with Crippen LogP contribution in [-0.2, 0) is 10.0 Å². The summed E-state index contributed by atoms with van der Waals surface area (Å²) in [4.78, 5) is 11.5. The lowest BCUT2D eigenvalue weighted by Gasteiger charge is -2.13. The second kappa shape index (κ2) is 4.90. The van der Waals surface area contributed by atoms with E-state index in [1.807, 2.05) is 6.92 Å². The lowest BCUT2D eigenvalue weighted by molar-refractivity contribution is 0.0935. The molecule has 7 heteroatoms. The van der Waals surface area contributed by atoms with Gasteiger partial charge in [0.05, 0.1) is 4.90 Å². The number of benzene rings is 1. The number of nitrogens with one attached hydrogen (secondary N) is 1. The number of carbonyl (C=O) groups is 1. The number of amides is 1. The van der Waals surface area contributed by atoms with E-state index in [1.54, 1.807) is 0 Å². The zero-order valence-electron chi connectivity index (χ0n) is 10.4. The molecule has 1 atom stereocenters. The van der Waals surface area contributed by atoms with E-state index in [-0.39, 0.29) is 11.6 Å². The number of hydrogen-bond donors (Lipinski definition) is 2. The monoisotopic (exact) mass is 286 g/mol. The van der Waals surface area contributed by atoms with Crippen LogP contribution in [0, 0.1) is 11.7 Å². The summed E-state index contributed by atoms with van der Waals surface area (Å²) in [7, 11) is -4.03. The SMILES string of the molecule is CC(NC(=O)c1cc(F)cc(S(N)(=O)=O)c1)C1CC1. The summed E-state index contributed by atoms with van der Waals surface area (Å²) >= 11 is 0. The van der Waals surface area contributed by atoms with Gasteiger partial charge in [0.25, 0.3) is 5.91 Å². The minimum atomic E-state index is -4.03. The highest BCUT2D eigenvalue weighted by molar-refractivity contribution is 7.89. The Balaban J connectivity index is 2.23. The summed E-state index contributed by atoms with van der Waals surface area (Å²) in [5.74, 6) is -0.852. The molecule has 1 saturated carbocycles. The Morgan fingerprint density at radius 3 is 2.58 bits per heavy atom. The number of nitrogens with two attached hydrogens (primary N) is 1. The molecule has 1 aromatic rings. The quantitative estimate of drug-likeness (QED) is 0.865. The van der Waals surface area contributed by atoms with Gasteiger partial charge in [0, 0.05) is 11.6 Å². The third-order valence-corrected chi connectivity index (χ3v) is 4.04. The molecule has 1 amide bonds. The molecule has 0 aromatic heterocycles. The molecular formula is C12H15FN2O3S. The molecule has 1 aliphatic rings. The van der Waals surface area contributed by atoms with Gasteiger partial charge in [0.15, 0.2) is 0 Å². The van der Waals surface area contributed by atoms with Crippen LogP contribution in [0.1, 0.15) is 30.1 Å². The van der Waals surface area contributed by atoms with Crippen molar-refractivity contribution in [3.8, 4) is 0 Å². The van der Waals surface area contributed by atoms with Crippen molar-refractivity contribution in [2.24, 2.45) is 11.1 Å². The highest BCUT2D eigenvalue weighted by Crippen LogP contribution is 2.32. The molecule has 5 nitrogen and oxygen atoms in total. The van der Waals surface area contributed by atoms with Crippen molar-refractivity contribution < 1.29 is 17.6 Å². The topological polar surface area (TPSA) is 89.3 Å². The number of sulfonamides is 1. The molecule has 0 bridgehead atoms. The maximum atomic E-state index is 13.3. The second-order valence-corrected chi connectivity index (χ2v) is 6.38.